The van der Waals surface area contributed by atoms with Gasteiger partial charge in [0.2, 0.25) is 0 Å². The summed E-state index contributed by atoms with van der Waals surface area (Å²) >= 11 is 4.07. The molecule has 0 N–H and O–H groups in total. The number of nitro benzene ring substituents is 1. The first-order chi connectivity index (χ1) is 8.49. The maximum absolute atomic E-state index is 11.4. The van der Waals surface area contributed by atoms with Gasteiger partial charge in [-0.3, -0.25) is 14.9 Å². The lowest BCUT2D eigenvalue weighted by Crippen LogP contribution is -2.09. The summed E-state index contributed by atoms with van der Waals surface area (Å²) in [7, 11) is 0. The second-order valence-corrected chi connectivity index (χ2v) is 3.82. The molecule has 0 bridgehead atoms. The zero-order chi connectivity index (χ0) is 13.7. The molecule has 0 saturated heterocycles. The highest BCUT2D eigenvalue weighted by Gasteiger charge is 2.17. The van der Waals surface area contributed by atoms with E-state index < -0.39 is 10.9 Å². The van der Waals surface area contributed by atoms with Crippen LogP contribution in [0, 0.1) is 21.4 Å². The van der Waals surface area contributed by atoms with Gasteiger partial charge >= 0.3 is 5.97 Å². The smallest absolute Gasteiger partial charge is 0.310 e. The van der Waals surface area contributed by atoms with Gasteiger partial charge in [0, 0.05) is 17.0 Å². The van der Waals surface area contributed by atoms with Crippen LogP contribution in [0.25, 0.3) is 0 Å². The van der Waals surface area contributed by atoms with Crippen molar-refractivity contribution in [1.82, 2.24) is 0 Å². The van der Waals surface area contributed by atoms with Crippen molar-refractivity contribution in [2.45, 2.75) is 18.2 Å². The number of carbonyl (C=O) groups excluding carboxylic acids is 1. The molecule has 0 aliphatic carbocycles. The monoisotopic (exact) mass is 266 g/mol. The van der Waals surface area contributed by atoms with Gasteiger partial charge in [-0.1, -0.05) is 0 Å². The Balaban J connectivity index is 3.16. The fourth-order valence-electron chi connectivity index (χ4n) is 1.39. The Labute approximate surface area is 109 Å². The maximum Gasteiger partial charge on any atom is 0.310 e. The zero-order valence-electron chi connectivity index (χ0n) is 9.54. The van der Waals surface area contributed by atoms with Crippen LogP contribution in [0.5, 0.6) is 0 Å². The number of nitriles is 1. The molecule has 0 radical (unpaired) electrons. The highest BCUT2D eigenvalue weighted by atomic mass is 32.1. The Bertz CT molecular complexity index is 537. The third-order valence-electron chi connectivity index (χ3n) is 2.17. The summed E-state index contributed by atoms with van der Waals surface area (Å²) < 4.78 is 4.76. The quantitative estimate of drug-likeness (QED) is 0.388. The van der Waals surface area contributed by atoms with E-state index in [0.29, 0.717) is 5.56 Å². The van der Waals surface area contributed by atoms with Gasteiger partial charge < -0.3 is 4.74 Å². The molecule has 1 rings (SSSR count). The molecule has 0 saturated carbocycles. The number of carbonyl (C=O) groups is 1. The zero-order valence-corrected chi connectivity index (χ0v) is 10.4. The number of hydrogen-bond donors (Lipinski definition) is 1. The molecule has 6 nitrogen and oxygen atoms in total. The predicted octanol–water partition coefficient (Wildman–Crippen LogP) is 1.86. The number of hydrogen-bond acceptors (Lipinski definition) is 6. The molecule has 0 aliphatic rings. The fourth-order valence-corrected chi connectivity index (χ4v) is 1.72. The van der Waals surface area contributed by atoms with E-state index >= 15 is 0 Å². The lowest BCUT2D eigenvalue weighted by atomic mass is 10.0. The van der Waals surface area contributed by atoms with Crippen LogP contribution in [0.15, 0.2) is 17.0 Å². The van der Waals surface area contributed by atoms with E-state index in [1.807, 2.05) is 6.07 Å². The third-order valence-corrected chi connectivity index (χ3v) is 2.57. The van der Waals surface area contributed by atoms with Crippen molar-refractivity contribution in [1.29, 1.82) is 5.26 Å². The molecule has 0 unspecified atom stereocenters. The van der Waals surface area contributed by atoms with Crippen LogP contribution in [-0.4, -0.2) is 17.5 Å². The minimum absolute atomic E-state index is 0.0576. The normalized spacial score (nSPS) is 9.61. The second kappa shape index (κ2) is 6.02. The summed E-state index contributed by atoms with van der Waals surface area (Å²) in [6.07, 6.45) is -0.131. The van der Waals surface area contributed by atoms with Gasteiger partial charge in [-0.05, 0) is 12.5 Å². The molecule has 0 spiro atoms. The molecule has 0 atom stereocenters. The summed E-state index contributed by atoms with van der Waals surface area (Å²) in [5.74, 6) is -0.502. The van der Waals surface area contributed by atoms with Crippen molar-refractivity contribution in [3.63, 3.8) is 0 Å². The summed E-state index contributed by atoms with van der Waals surface area (Å²) in [5, 5.41) is 19.6. The summed E-state index contributed by atoms with van der Waals surface area (Å²) in [5.41, 5.74) is 0.163. The molecule has 7 heteroatoms. The van der Waals surface area contributed by atoms with E-state index in [1.165, 1.54) is 6.07 Å². The lowest BCUT2D eigenvalue weighted by Gasteiger charge is -2.07. The summed E-state index contributed by atoms with van der Waals surface area (Å²) in [6.45, 7) is 1.90. The molecular formula is C11H10N2O4S. The lowest BCUT2D eigenvalue weighted by molar-refractivity contribution is -0.385. The van der Waals surface area contributed by atoms with Gasteiger partial charge in [-0.15, -0.1) is 12.6 Å². The van der Waals surface area contributed by atoms with Crippen molar-refractivity contribution in [2.75, 3.05) is 6.61 Å². The van der Waals surface area contributed by atoms with Crippen molar-refractivity contribution in [2.24, 2.45) is 0 Å². The number of nitro groups is 1. The number of esters is 1. The van der Waals surface area contributed by atoms with Gasteiger partial charge in [0.1, 0.15) is 0 Å². The molecule has 0 fully saturated rings. The predicted molar refractivity (Wildman–Crippen MR) is 65.4 cm³/mol. The van der Waals surface area contributed by atoms with Gasteiger partial charge in [0.25, 0.3) is 5.69 Å². The van der Waals surface area contributed by atoms with Gasteiger partial charge in [-0.25, -0.2) is 0 Å². The third kappa shape index (κ3) is 3.21. The number of benzene rings is 1. The number of non-ortho nitro benzene ring substituents is 1. The fraction of sp³-hybridized carbons (Fsp3) is 0.273. The van der Waals surface area contributed by atoms with Crippen molar-refractivity contribution < 1.29 is 14.5 Å². The maximum atomic E-state index is 11.4. The van der Waals surface area contributed by atoms with Crippen molar-refractivity contribution in [3.8, 4) is 6.07 Å². The van der Waals surface area contributed by atoms with Crippen LogP contribution < -0.4 is 0 Å². The number of rotatable bonds is 4. The van der Waals surface area contributed by atoms with Crippen molar-refractivity contribution in [3.05, 3.63) is 33.4 Å². The Morgan fingerprint density at radius 2 is 2.28 bits per heavy atom. The van der Waals surface area contributed by atoms with Crippen LogP contribution in [0.2, 0.25) is 0 Å². The Morgan fingerprint density at radius 1 is 1.61 bits per heavy atom. The Morgan fingerprint density at radius 3 is 2.78 bits per heavy atom. The molecule has 0 aromatic heterocycles. The largest absolute Gasteiger partial charge is 0.466 e. The average Bonchev–Trinajstić information content (AvgIpc) is 2.31. The summed E-state index contributed by atoms with van der Waals surface area (Å²) in [6, 6.07) is 4.14. The molecule has 1 aromatic rings. The van der Waals surface area contributed by atoms with Gasteiger partial charge in [-0.2, -0.15) is 5.26 Å². The highest BCUT2D eigenvalue weighted by Crippen LogP contribution is 2.25. The molecule has 18 heavy (non-hydrogen) atoms. The number of ether oxygens (including phenoxy) is 1. The van der Waals surface area contributed by atoms with Gasteiger partial charge in [0.15, 0.2) is 0 Å². The van der Waals surface area contributed by atoms with Crippen LogP contribution in [0.1, 0.15) is 18.1 Å². The van der Waals surface area contributed by atoms with Crippen LogP contribution >= 0.6 is 12.6 Å². The summed E-state index contributed by atoms with van der Waals surface area (Å²) in [4.78, 5) is 21.6. The van der Waals surface area contributed by atoms with E-state index in [4.69, 9.17) is 10.00 Å². The SMILES string of the molecule is CCOC(=O)Cc1c(S)cc([N+](=O)[O-])cc1C#N. The first-order valence-electron chi connectivity index (χ1n) is 5.05. The number of nitrogens with zero attached hydrogens (tertiary/aromatic N) is 2. The van der Waals surface area contributed by atoms with E-state index in [9.17, 15) is 14.9 Å². The van der Waals surface area contributed by atoms with Crippen LogP contribution in [-0.2, 0) is 16.0 Å². The first-order valence-corrected chi connectivity index (χ1v) is 5.50. The van der Waals surface area contributed by atoms with E-state index in [-0.39, 0.29) is 29.2 Å². The molecule has 1 aromatic carbocycles. The minimum Gasteiger partial charge on any atom is -0.466 e. The van der Waals surface area contributed by atoms with E-state index in [2.05, 4.69) is 12.6 Å². The van der Waals surface area contributed by atoms with E-state index in [0.717, 1.165) is 6.07 Å². The van der Waals surface area contributed by atoms with Crippen LogP contribution in [0.4, 0.5) is 5.69 Å². The van der Waals surface area contributed by atoms with Crippen molar-refractivity contribution >= 4 is 24.3 Å². The first kappa shape index (κ1) is 14.0. The Kier molecular flexibility index (Phi) is 4.68. The molecule has 94 valence electrons. The van der Waals surface area contributed by atoms with Crippen LogP contribution in [0.3, 0.4) is 0 Å². The standard InChI is InChI=1S/C11H10N2O4S/c1-2-17-11(14)5-9-7(6-12)3-8(13(15)16)4-10(9)18/h3-4,18H,2,5H2,1H3. The minimum atomic E-state index is -0.616. The highest BCUT2D eigenvalue weighted by molar-refractivity contribution is 7.80. The van der Waals surface area contributed by atoms with E-state index in [1.54, 1.807) is 6.92 Å². The molecular weight excluding hydrogens is 256 g/mol. The van der Waals surface area contributed by atoms with Gasteiger partial charge in [0.05, 0.1) is 29.6 Å². The molecule has 0 aliphatic heterocycles. The topological polar surface area (TPSA) is 93.2 Å². The average molecular weight is 266 g/mol. The second-order valence-electron chi connectivity index (χ2n) is 3.34. The molecule has 0 heterocycles. The number of thiol groups is 1. The molecule has 0 amide bonds. The Hall–Kier alpha value is -2.07.